The van der Waals surface area contributed by atoms with Crippen LogP contribution in [0.4, 0.5) is 16.3 Å². The number of anilines is 2. The molecule has 0 N–H and O–H groups in total. The number of carbonyl (C=O) groups is 1. The normalized spacial score (nSPS) is 12.9. The van der Waals surface area contributed by atoms with E-state index in [9.17, 15) is 4.79 Å². The molecule has 140 valence electrons. The van der Waals surface area contributed by atoms with E-state index in [1.807, 2.05) is 20.1 Å². The number of methoxy groups -OCH3 is 2. The van der Waals surface area contributed by atoms with Crippen molar-refractivity contribution in [2.24, 2.45) is 0 Å². The molecule has 2 aromatic rings. The zero-order valence-electron chi connectivity index (χ0n) is 15.9. The van der Waals surface area contributed by atoms with Gasteiger partial charge in [0.15, 0.2) is 5.16 Å². The van der Waals surface area contributed by atoms with Crippen molar-refractivity contribution in [2.45, 2.75) is 25.5 Å². The predicted octanol–water partition coefficient (Wildman–Crippen LogP) is 3.82. The van der Waals surface area contributed by atoms with E-state index in [4.69, 9.17) is 9.47 Å². The van der Waals surface area contributed by atoms with Gasteiger partial charge < -0.3 is 9.47 Å². The van der Waals surface area contributed by atoms with Crippen LogP contribution in [0.2, 0.25) is 0 Å². The highest BCUT2D eigenvalue weighted by atomic mass is 32.2. The summed E-state index contributed by atoms with van der Waals surface area (Å²) >= 11 is 1.45. The SMILES string of the molecule is CC.COc1cc(OC)cc(N2Cc3cnc(SC)nc3N(C)C2=O)c1. The molecular formula is C18H24N4O3S. The van der Waals surface area contributed by atoms with Gasteiger partial charge in [0, 0.05) is 37.0 Å². The van der Waals surface area contributed by atoms with E-state index in [1.54, 1.807) is 50.6 Å². The third-order valence-corrected chi connectivity index (χ3v) is 4.38. The first-order valence-electron chi connectivity index (χ1n) is 8.25. The number of urea groups is 1. The molecule has 0 radical (unpaired) electrons. The summed E-state index contributed by atoms with van der Waals surface area (Å²) < 4.78 is 10.6. The molecule has 0 fully saturated rings. The molecule has 0 atom stereocenters. The topological polar surface area (TPSA) is 67.8 Å². The van der Waals surface area contributed by atoms with E-state index in [-0.39, 0.29) is 6.03 Å². The second kappa shape index (κ2) is 8.75. The van der Waals surface area contributed by atoms with E-state index in [2.05, 4.69) is 9.97 Å². The van der Waals surface area contributed by atoms with Gasteiger partial charge in [-0.1, -0.05) is 25.6 Å². The summed E-state index contributed by atoms with van der Waals surface area (Å²) in [6, 6.07) is 5.21. The first kappa shape index (κ1) is 19.8. The van der Waals surface area contributed by atoms with Gasteiger partial charge in [-0.3, -0.25) is 9.80 Å². The van der Waals surface area contributed by atoms with Crippen LogP contribution >= 0.6 is 11.8 Å². The molecule has 3 rings (SSSR count). The monoisotopic (exact) mass is 376 g/mol. The molecule has 0 bridgehead atoms. The average molecular weight is 376 g/mol. The maximum absolute atomic E-state index is 12.8. The number of nitrogens with zero attached hydrogens (tertiary/aromatic N) is 4. The lowest BCUT2D eigenvalue weighted by Gasteiger charge is -2.34. The Kier molecular flexibility index (Phi) is 6.68. The summed E-state index contributed by atoms with van der Waals surface area (Å²) in [4.78, 5) is 24.7. The number of hydrogen-bond acceptors (Lipinski definition) is 6. The van der Waals surface area contributed by atoms with E-state index in [0.717, 1.165) is 5.56 Å². The summed E-state index contributed by atoms with van der Waals surface area (Å²) in [7, 11) is 4.87. The molecule has 1 aromatic heterocycles. The molecule has 0 unspecified atom stereocenters. The van der Waals surface area contributed by atoms with Gasteiger partial charge in [0.2, 0.25) is 0 Å². The molecule has 1 aliphatic heterocycles. The van der Waals surface area contributed by atoms with Crippen molar-refractivity contribution in [1.29, 1.82) is 0 Å². The minimum atomic E-state index is -0.163. The molecule has 0 saturated carbocycles. The highest BCUT2D eigenvalue weighted by molar-refractivity contribution is 7.98. The first-order chi connectivity index (χ1) is 12.6. The van der Waals surface area contributed by atoms with Gasteiger partial charge in [-0.25, -0.2) is 14.8 Å². The van der Waals surface area contributed by atoms with Gasteiger partial charge in [-0.15, -0.1) is 0 Å². The number of amides is 2. The number of benzene rings is 1. The quantitative estimate of drug-likeness (QED) is 0.597. The molecular weight excluding hydrogens is 352 g/mol. The molecule has 26 heavy (non-hydrogen) atoms. The van der Waals surface area contributed by atoms with Crippen LogP contribution in [0.25, 0.3) is 0 Å². The van der Waals surface area contributed by atoms with Crippen molar-refractivity contribution in [3.8, 4) is 11.5 Å². The van der Waals surface area contributed by atoms with E-state index < -0.39 is 0 Å². The number of carbonyl (C=O) groups excluding carboxylic acids is 1. The van der Waals surface area contributed by atoms with E-state index in [1.165, 1.54) is 16.7 Å². The van der Waals surface area contributed by atoms with Gasteiger partial charge in [0.1, 0.15) is 17.3 Å². The van der Waals surface area contributed by atoms with E-state index in [0.29, 0.717) is 34.7 Å². The van der Waals surface area contributed by atoms with Gasteiger partial charge in [0.05, 0.1) is 26.5 Å². The third kappa shape index (κ3) is 3.85. The van der Waals surface area contributed by atoms with E-state index >= 15 is 0 Å². The van der Waals surface area contributed by atoms with Crippen molar-refractivity contribution >= 4 is 29.3 Å². The van der Waals surface area contributed by atoms with Crippen LogP contribution in [0.1, 0.15) is 19.4 Å². The predicted molar refractivity (Wildman–Crippen MR) is 105 cm³/mol. The zero-order valence-corrected chi connectivity index (χ0v) is 16.8. The maximum atomic E-state index is 12.8. The number of fused-ring (bicyclic) bond motifs is 1. The number of aromatic nitrogens is 2. The van der Waals surface area contributed by atoms with Crippen LogP contribution in [-0.2, 0) is 6.54 Å². The fourth-order valence-electron chi connectivity index (χ4n) is 2.54. The Morgan fingerprint density at radius 3 is 2.27 bits per heavy atom. The number of hydrogen-bond donors (Lipinski definition) is 0. The number of rotatable bonds is 4. The lowest BCUT2D eigenvalue weighted by Crippen LogP contribution is -2.46. The van der Waals surface area contributed by atoms with Crippen molar-refractivity contribution in [3.63, 3.8) is 0 Å². The largest absolute Gasteiger partial charge is 0.497 e. The summed E-state index contributed by atoms with van der Waals surface area (Å²) in [6.45, 7) is 4.39. The van der Waals surface area contributed by atoms with Crippen molar-refractivity contribution in [2.75, 3.05) is 37.3 Å². The highest BCUT2D eigenvalue weighted by Gasteiger charge is 2.31. The molecule has 2 heterocycles. The minimum Gasteiger partial charge on any atom is -0.497 e. The average Bonchev–Trinajstić information content (AvgIpc) is 2.71. The highest BCUT2D eigenvalue weighted by Crippen LogP contribution is 2.34. The number of ether oxygens (including phenoxy) is 2. The molecule has 0 spiro atoms. The lowest BCUT2D eigenvalue weighted by atomic mass is 10.2. The first-order valence-corrected chi connectivity index (χ1v) is 9.48. The second-order valence-corrected chi connectivity index (χ2v) is 5.98. The molecule has 2 amide bonds. The standard InChI is InChI=1S/C16H18N4O3S.C2H6/c1-19-14-10(8-17-15(18-14)24-4)9-20(16(19)21)11-5-12(22-2)7-13(6-11)23-3;1-2/h5-8H,9H2,1-4H3;1-2H3. The van der Waals surface area contributed by atoms with Crippen LogP contribution in [0, 0.1) is 0 Å². The van der Waals surface area contributed by atoms with Gasteiger partial charge >= 0.3 is 6.03 Å². The zero-order chi connectivity index (χ0) is 19.3. The van der Waals surface area contributed by atoms with Crippen molar-refractivity contribution in [1.82, 2.24) is 9.97 Å². The summed E-state index contributed by atoms with van der Waals surface area (Å²) in [5.74, 6) is 1.89. The Morgan fingerprint density at radius 2 is 1.73 bits per heavy atom. The minimum absolute atomic E-state index is 0.163. The summed E-state index contributed by atoms with van der Waals surface area (Å²) in [6.07, 6.45) is 3.67. The molecule has 8 heteroatoms. The summed E-state index contributed by atoms with van der Waals surface area (Å²) in [5.41, 5.74) is 1.58. The Balaban J connectivity index is 0.00000117. The van der Waals surface area contributed by atoms with Crippen molar-refractivity contribution < 1.29 is 14.3 Å². The Labute approximate surface area is 158 Å². The van der Waals surface area contributed by atoms with Gasteiger partial charge in [0.25, 0.3) is 0 Å². The third-order valence-electron chi connectivity index (χ3n) is 3.81. The molecule has 7 nitrogen and oxygen atoms in total. The van der Waals surface area contributed by atoms with Crippen LogP contribution in [-0.4, -0.2) is 43.5 Å². The Hall–Kier alpha value is -2.48. The van der Waals surface area contributed by atoms with Crippen LogP contribution in [0.3, 0.4) is 0 Å². The molecule has 1 aromatic carbocycles. The lowest BCUT2D eigenvalue weighted by molar-refractivity contribution is 0.251. The van der Waals surface area contributed by atoms with Gasteiger partial charge in [-0.05, 0) is 6.26 Å². The molecule has 0 saturated heterocycles. The molecule has 0 aliphatic carbocycles. The second-order valence-electron chi connectivity index (χ2n) is 5.20. The smallest absolute Gasteiger partial charge is 0.330 e. The van der Waals surface area contributed by atoms with Gasteiger partial charge in [-0.2, -0.15) is 0 Å². The van der Waals surface area contributed by atoms with Crippen molar-refractivity contribution in [3.05, 3.63) is 30.0 Å². The molecule has 1 aliphatic rings. The Bertz CT molecular complexity index is 763. The van der Waals surface area contributed by atoms with Crippen LogP contribution in [0.15, 0.2) is 29.6 Å². The fourth-order valence-corrected chi connectivity index (χ4v) is 2.88. The maximum Gasteiger partial charge on any atom is 0.330 e. The Morgan fingerprint density at radius 1 is 1.12 bits per heavy atom. The van der Waals surface area contributed by atoms with Crippen LogP contribution in [0.5, 0.6) is 11.5 Å². The van der Waals surface area contributed by atoms with Crippen LogP contribution < -0.4 is 19.3 Å². The fraction of sp³-hybridized carbons (Fsp3) is 0.389. The number of thioether (sulfide) groups is 1. The summed E-state index contributed by atoms with van der Waals surface area (Å²) in [5, 5.41) is 0.643.